The molecule has 2 N–H and O–H groups in total. The summed E-state index contributed by atoms with van der Waals surface area (Å²) in [5, 5.41) is 3.69. The average molecular weight is 431 g/mol. The zero-order valence-corrected chi connectivity index (χ0v) is 16.2. The molecule has 0 aliphatic carbocycles. The number of hydrogen-bond acceptors (Lipinski definition) is 5. The fraction of sp³-hybridized carbons (Fsp3) is 0.200. The van der Waals surface area contributed by atoms with Gasteiger partial charge < -0.3 is 15.4 Å². The summed E-state index contributed by atoms with van der Waals surface area (Å²) in [7, 11) is 1.37. The van der Waals surface area contributed by atoms with E-state index in [-0.39, 0.29) is 41.2 Å². The molecule has 8 nitrogen and oxygen atoms in total. The van der Waals surface area contributed by atoms with Gasteiger partial charge in [-0.2, -0.15) is 18.3 Å². The second kappa shape index (κ2) is 7.42. The molecule has 0 atom stereocenters. The zero-order chi connectivity index (χ0) is 22.3. The highest BCUT2D eigenvalue weighted by molar-refractivity contribution is 6.08. The number of fused-ring (bicyclic) bond motifs is 1. The van der Waals surface area contributed by atoms with Crippen molar-refractivity contribution in [3.63, 3.8) is 0 Å². The standard InChI is InChI=1S/C20H16F3N5O3/c1-31-12-4-5-15(14(9-12)18(24)29)28-16-13(17(26-28)20(21,22)23)6-8-27(19(16)30)11-3-2-7-25-10-11/h2-5,7,9-10H,6,8H2,1H3,(H2,24,29). The van der Waals surface area contributed by atoms with Crippen molar-refractivity contribution in [2.24, 2.45) is 5.73 Å². The third-order valence-corrected chi connectivity index (χ3v) is 4.94. The molecule has 0 bridgehead atoms. The quantitative estimate of drug-likeness (QED) is 0.684. The molecule has 0 unspecified atom stereocenters. The number of carbonyl (C=O) groups excluding carboxylic acids is 2. The second-order valence-corrected chi connectivity index (χ2v) is 6.75. The zero-order valence-electron chi connectivity index (χ0n) is 16.2. The summed E-state index contributed by atoms with van der Waals surface area (Å²) >= 11 is 0. The molecular weight excluding hydrogens is 415 g/mol. The molecule has 1 aliphatic heterocycles. The summed E-state index contributed by atoms with van der Waals surface area (Å²) in [6, 6.07) is 7.30. The van der Waals surface area contributed by atoms with Crippen LogP contribution in [0.5, 0.6) is 5.75 Å². The third-order valence-electron chi connectivity index (χ3n) is 4.94. The molecule has 0 saturated heterocycles. The number of primary amides is 1. The molecule has 31 heavy (non-hydrogen) atoms. The van der Waals surface area contributed by atoms with Crippen molar-refractivity contribution in [3.05, 3.63) is 65.2 Å². The average Bonchev–Trinajstić information content (AvgIpc) is 3.15. The van der Waals surface area contributed by atoms with Gasteiger partial charge in [0.2, 0.25) is 0 Å². The van der Waals surface area contributed by atoms with Crippen LogP contribution < -0.4 is 15.4 Å². The first-order valence-electron chi connectivity index (χ1n) is 9.11. The maximum atomic E-state index is 13.7. The molecule has 3 heterocycles. The van der Waals surface area contributed by atoms with E-state index in [0.29, 0.717) is 5.69 Å². The van der Waals surface area contributed by atoms with Crippen LogP contribution in [0, 0.1) is 0 Å². The Morgan fingerprint density at radius 1 is 1.26 bits per heavy atom. The van der Waals surface area contributed by atoms with Gasteiger partial charge in [0.15, 0.2) is 5.69 Å². The highest BCUT2D eigenvalue weighted by Gasteiger charge is 2.43. The molecule has 11 heteroatoms. The number of rotatable bonds is 4. The van der Waals surface area contributed by atoms with Crippen LogP contribution in [0.25, 0.3) is 5.69 Å². The summed E-state index contributed by atoms with van der Waals surface area (Å²) in [6.07, 6.45) is -1.90. The minimum atomic E-state index is -4.79. The first-order chi connectivity index (χ1) is 14.7. The van der Waals surface area contributed by atoms with E-state index in [0.717, 1.165) is 4.68 Å². The van der Waals surface area contributed by atoms with Crippen molar-refractivity contribution in [3.8, 4) is 11.4 Å². The number of pyridine rings is 1. The summed E-state index contributed by atoms with van der Waals surface area (Å²) < 4.78 is 47.0. The van der Waals surface area contributed by atoms with Crippen molar-refractivity contribution in [1.29, 1.82) is 0 Å². The highest BCUT2D eigenvalue weighted by atomic mass is 19.4. The molecule has 1 aliphatic rings. The SMILES string of the molecule is COc1ccc(-n2nc(C(F)(F)F)c3c2C(=O)N(c2cccnc2)CC3)c(C(N)=O)c1. The van der Waals surface area contributed by atoms with E-state index >= 15 is 0 Å². The molecule has 2 amide bonds. The normalized spacial score (nSPS) is 13.8. The monoisotopic (exact) mass is 431 g/mol. The number of carbonyl (C=O) groups is 2. The van der Waals surface area contributed by atoms with E-state index in [4.69, 9.17) is 10.5 Å². The van der Waals surface area contributed by atoms with Crippen molar-refractivity contribution in [2.75, 3.05) is 18.6 Å². The lowest BCUT2D eigenvalue weighted by atomic mass is 10.0. The molecule has 1 aromatic carbocycles. The number of aromatic nitrogens is 3. The minimum absolute atomic E-state index is 0.0254. The molecule has 0 fully saturated rings. The number of nitrogens with zero attached hydrogens (tertiary/aromatic N) is 4. The number of hydrogen-bond donors (Lipinski definition) is 1. The summed E-state index contributed by atoms with van der Waals surface area (Å²) in [5.41, 5.74) is 3.99. The Balaban J connectivity index is 1.95. The Kier molecular flexibility index (Phi) is 4.88. The number of amides is 2. The van der Waals surface area contributed by atoms with Gasteiger partial charge >= 0.3 is 6.18 Å². The molecule has 2 aromatic heterocycles. The van der Waals surface area contributed by atoms with Gasteiger partial charge in [0.05, 0.1) is 30.2 Å². The number of alkyl halides is 3. The first kappa shape index (κ1) is 20.4. The number of anilines is 1. The Morgan fingerprint density at radius 2 is 2.03 bits per heavy atom. The number of nitrogens with two attached hydrogens (primary N) is 1. The lowest BCUT2D eigenvalue weighted by molar-refractivity contribution is -0.141. The lowest BCUT2D eigenvalue weighted by Gasteiger charge is -2.27. The van der Waals surface area contributed by atoms with Gasteiger partial charge in [0.1, 0.15) is 11.4 Å². The number of methoxy groups -OCH3 is 1. The van der Waals surface area contributed by atoms with Crippen molar-refractivity contribution in [1.82, 2.24) is 14.8 Å². The molecule has 0 spiro atoms. The molecule has 160 valence electrons. The van der Waals surface area contributed by atoms with Gasteiger partial charge in [-0.05, 0) is 36.8 Å². The van der Waals surface area contributed by atoms with Gasteiger partial charge in [-0.1, -0.05) is 0 Å². The predicted octanol–water partition coefficient (Wildman–Crippen LogP) is 2.60. The lowest BCUT2D eigenvalue weighted by Crippen LogP contribution is -2.39. The number of ether oxygens (including phenoxy) is 1. The van der Waals surface area contributed by atoms with Gasteiger partial charge in [-0.3, -0.25) is 14.6 Å². The second-order valence-electron chi connectivity index (χ2n) is 6.75. The van der Waals surface area contributed by atoms with Crippen LogP contribution in [0.1, 0.15) is 32.1 Å². The van der Waals surface area contributed by atoms with Crippen LogP contribution in [0.4, 0.5) is 18.9 Å². The molecule has 0 radical (unpaired) electrons. The maximum Gasteiger partial charge on any atom is 0.435 e. The van der Waals surface area contributed by atoms with Crippen molar-refractivity contribution < 1.29 is 27.5 Å². The maximum absolute atomic E-state index is 13.7. The van der Waals surface area contributed by atoms with Crippen LogP contribution in [-0.4, -0.2) is 40.2 Å². The Labute approximate surface area is 174 Å². The molecular formula is C20H16F3N5O3. The fourth-order valence-electron chi connectivity index (χ4n) is 3.55. The van der Waals surface area contributed by atoms with Gasteiger partial charge in [0.25, 0.3) is 11.8 Å². The summed E-state index contributed by atoms with van der Waals surface area (Å²) in [4.78, 5) is 30.6. The number of halogens is 3. The molecule has 0 saturated carbocycles. The smallest absolute Gasteiger partial charge is 0.435 e. The van der Waals surface area contributed by atoms with E-state index in [9.17, 15) is 22.8 Å². The highest BCUT2D eigenvalue weighted by Crippen LogP contribution is 2.37. The van der Waals surface area contributed by atoms with E-state index < -0.39 is 23.7 Å². The van der Waals surface area contributed by atoms with Crippen molar-refractivity contribution in [2.45, 2.75) is 12.6 Å². The van der Waals surface area contributed by atoms with Crippen LogP contribution in [-0.2, 0) is 12.6 Å². The van der Waals surface area contributed by atoms with E-state index in [1.165, 1.54) is 42.6 Å². The Bertz CT molecular complexity index is 1170. The van der Waals surface area contributed by atoms with Gasteiger partial charge in [0, 0.05) is 18.3 Å². The summed E-state index contributed by atoms with van der Waals surface area (Å²) in [6.45, 7) is 0.0254. The molecule has 3 aromatic rings. The third kappa shape index (κ3) is 3.47. The largest absolute Gasteiger partial charge is 0.497 e. The molecule has 4 rings (SSSR count). The predicted molar refractivity (Wildman–Crippen MR) is 103 cm³/mol. The minimum Gasteiger partial charge on any atom is -0.497 e. The Hall–Kier alpha value is -3.89. The number of benzene rings is 1. The fourth-order valence-corrected chi connectivity index (χ4v) is 3.55. The topological polar surface area (TPSA) is 103 Å². The van der Waals surface area contributed by atoms with Crippen LogP contribution in [0.2, 0.25) is 0 Å². The van der Waals surface area contributed by atoms with E-state index in [2.05, 4.69) is 10.1 Å². The van der Waals surface area contributed by atoms with Crippen molar-refractivity contribution >= 4 is 17.5 Å². The summed E-state index contributed by atoms with van der Waals surface area (Å²) in [5.74, 6) is -1.32. The van der Waals surface area contributed by atoms with Gasteiger partial charge in [-0.25, -0.2) is 4.68 Å². The Morgan fingerprint density at radius 3 is 2.65 bits per heavy atom. The van der Waals surface area contributed by atoms with Crippen LogP contribution in [0.15, 0.2) is 42.7 Å². The van der Waals surface area contributed by atoms with Crippen LogP contribution in [0.3, 0.4) is 0 Å². The van der Waals surface area contributed by atoms with Crippen LogP contribution >= 0.6 is 0 Å². The van der Waals surface area contributed by atoms with E-state index in [1.54, 1.807) is 12.1 Å². The van der Waals surface area contributed by atoms with E-state index in [1.807, 2.05) is 0 Å². The van der Waals surface area contributed by atoms with Gasteiger partial charge in [-0.15, -0.1) is 0 Å². The first-order valence-corrected chi connectivity index (χ1v) is 9.11.